The molecule has 2 N–H and O–H groups in total. The van der Waals surface area contributed by atoms with Crippen molar-refractivity contribution in [2.24, 2.45) is 0 Å². The standard InChI is InChI=1S/C8H14N2O2/c1-7(12)2-3-10-4-8(5-11)9-6-10/h4,6-7,11-12H,2-3,5H2,1H3. The first-order valence-electron chi connectivity index (χ1n) is 4.02. The number of aryl methyl sites for hydroxylation is 1. The Hall–Kier alpha value is -0.870. The first-order chi connectivity index (χ1) is 5.72. The van der Waals surface area contributed by atoms with E-state index in [1.54, 1.807) is 19.4 Å². The number of aliphatic hydroxyl groups excluding tert-OH is 2. The average molecular weight is 170 g/mol. The molecule has 0 saturated heterocycles. The minimum Gasteiger partial charge on any atom is -0.393 e. The smallest absolute Gasteiger partial charge is 0.0950 e. The van der Waals surface area contributed by atoms with E-state index in [1.807, 2.05) is 4.57 Å². The number of nitrogens with zero attached hydrogens (tertiary/aromatic N) is 2. The van der Waals surface area contributed by atoms with Crippen molar-refractivity contribution in [2.45, 2.75) is 32.6 Å². The zero-order chi connectivity index (χ0) is 8.97. The maximum absolute atomic E-state index is 8.99. The summed E-state index contributed by atoms with van der Waals surface area (Å²) in [6, 6.07) is 0. The van der Waals surface area contributed by atoms with Crippen molar-refractivity contribution >= 4 is 0 Å². The second-order valence-electron chi connectivity index (χ2n) is 2.90. The van der Waals surface area contributed by atoms with Gasteiger partial charge >= 0.3 is 0 Å². The largest absolute Gasteiger partial charge is 0.393 e. The van der Waals surface area contributed by atoms with Gasteiger partial charge in [0.1, 0.15) is 0 Å². The lowest BCUT2D eigenvalue weighted by atomic mass is 10.3. The molecule has 0 aliphatic rings. The summed E-state index contributed by atoms with van der Waals surface area (Å²) in [4.78, 5) is 3.94. The lowest BCUT2D eigenvalue weighted by Crippen LogP contribution is -2.05. The molecule has 1 rings (SSSR count). The Kier molecular flexibility index (Phi) is 3.25. The van der Waals surface area contributed by atoms with Crippen molar-refractivity contribution in [3.8, 4) is 0 Å². The number of hydrogen-bond acceptors (Lipinski definition) is 3. The Morgan fingerprint density at radius 1 is 1.67 bits per heavy atom. The fourth-order valence-electron chi connectivity index (χ4n) is 0.946. The first kappa shape index (κ1) is 9.22. The van der Waals surface area contributed by atoms with Crippen LogP contribution in [-0.2, 0) is 13.2 Å². The molecule has 0 amide bonds. The molecule has 1 aromatic heterocycles. The summed E-state index contributed by atoms with van der Waals surface area (Å²) in [6.07, 6.45) is 3.86. The molecule has 68 valence electrons. The van der Waals surface area contributed by atoms with Crippen molar-refractivity contribution in [3.63, 3.8) is 0 Å². The van der Waals surface area contributed by atoms with Crippen LogP contribution in [0.1, 0.15) is 19.0 Å². The summed E-state index contributed by atoms with van der Waals surface area (Å²) in [5.74, 6) is 0. The third kappa shape index (κ3) is 2.64. The monoisotopic (exact) mass is 170 g/mol. The fourth-order valence-corrected chi connectivity index (χ4v) is 0.946. The highest BCUT2D eigenvalue weighted by Crippen LogP contribution is 1.99. The van der Waals surface area contributed by atoms with Crippen LogP contribution < -0.4 is 0 Å². The second kappa shape index (κ2) is 4.23. The number of hydrogen-bond donors (Lipinski definition) is 2. The highest BCUT2D eigenvalue weighted by Gasteiger charge is 1.98. The van der Waals surface area contributed by atoms with Crippen LogP contribution in [0.15, 0.2) is 12.5 Å². The van der Waals surface area contributed by atoms with Crippen LogP contribution >= 0.6 is 0 Å². The van der Waals surface area contributed by atoms with Crippen molar-refractivity contribution in [1.82, 2.24) is 9.55 Å². The lowest BCUT2D eigenvalue weighted by Gasteiger charge is -2.03. The van der Waals surface area contributed by atoms with E-state index in [2.05, 4.69) is 4.98 Å². The van der Waals surface area contributed by atoms with Gasteiger partial charge in [0.15, 0.2) is 0 Å². The number of aromatic nitrogens is 2. The van der Waals surface area contributed by atoms with Gasteiger partial charge in [-0.1, -0.05) is 0 Å². The molecule has 1 unspecified atom stereocenters. The zero-order valence-corrected chi connectivity index (χ0v) is 7.14. The summed E-state index contributed by atoms with van der Waals surface area (Å²) < 4.78 is 1.86. The molecule has 4 nitrogen and oxygen atoms in total. The van der Waals surface area contributed by atoms with Gasteiger partial charge in [-0.3, -0.25) is 0 Å². The Labute approximate surface area is 71.5 Å². The van der Waals surface area contributed by atoms with Gasteiger partial charge in [0, 0.05) is 12.7 Å². The van der Waals surface area contributed by atoms with Crippen LogP contribution in [0.25, 0.3) is 0 Å². The number of rotatable bonds is 4. The highest BCUT2D eigenvalue weighted by molar-refractivity contribution is 4.93. The summed E-state index contributed by atoms with van der Waals surface area (Å²) >= 11 is 0. The maximum Gasteiger partial charge on any atom is 0.0950 e. The van der Waals surface area contributed by atoms with E-state index in [-0.39, 0.29) is 12.7 Å². The molecule has 0 saturated carbocycles. The van der Waals surface area contributed by atoms with Crippen LogP contribution in [0.3, 0.4) is 0 Å². The molecule has 0 fully saturated rings. The summed E-state index contributed by atoms with van der Waals surface area (Å²) in [5, 5.41) is 17.7. The lowest BCUT2D eigenvalue weighted by molar-refractivity contribution is 0.178. The molecule has 1 heterocycles. The molecular weight excluding hydrogens is 156 g/mol. The van der Waals surface area contributed by atoms with Crippen LogP contribution in [0.4, 0.5) is 0 Å². The fraction of sp³-hybridized carbons (Fsp3) is 0.625. The zero-order valence-electron chi connectivity index (χ0n) is 7.14. The van der Waals surface area contributed by atoms with E-state index in [9.17, 15) is 0 Å². The molecule has 12 heavy (non-hydrogen) atoms. The van der Waals surface area contributed by atoms with Gasteiger partial charge in [0.05, 0.1) is 24.7 Å². The van der Waals surface area contributed by atoms with Crippen LogP contribution in [-0.4, -0.2) is 25.9 Å². The van der Waals surface area contributed by atoms with Gasteiger partial charge < -0.3 is 14.8 Å². The number of aliphatic hydroxyl groups is 2. The van der Waals surface area contributed by atoms with Gasteiger partial charge in [0.25, 0.3) is 0 Å². The van der Waals surface area contributed by atoms with Crippen LogP contribution in [0.2, 0.25) is 0 Å². The molecule has 0 bridgehead atoms. The predicted octanol–water partition coefficient (Wildman–Crippen LogP) is 0.146. The minimum absolute atomic E-state index is 0.0261. The summed E-state index contributed by atoms with van der Waals surface area (Å²) in [7, 11) is 0. The molecule has 0 aliphatic heterocycles. The minimum atomic E-state index is -0.287. The van der Waals surface area contributed by atoms with Gasteiger partial charge in [0.2, 0.25) is 0 Å². The van der Waals surface area contributed by atoms with E-state index < -0.39 is 0 Å². The third-order valence-corrected chi connectivity index (χ3v) is 1.65. The van der Waals surface area contributed by atoms with Crippen molar-refractivity contribution in [2.75, 3.05) is 0 Å². The second-order valence-corrected chi connectivity index (χ2v) is 2.90. The third-order valence-electron chi connectivity index (χ3n) is 1.65. The molecule has 0 spiro atoms. The molecule has 1 atom stereocenters. The van der Waals surface area contributed by atoms with Crippen molar-refractivity contribution < 1.29 is 10.2 Å². The van der Waals surface area contributed by atoms with E-state index >= 15 is 0 Å². The van der Waals surface area contributed by atoms with Crippen molar-refractivity contribution in [1.29, 1.82) is 0 Å². The molecule has 0 aromatic carbocycles. The summed E-state index contributed by atoms with van der Waals surface area (Å²) in [5.41, 5.74) is 0.667. The van der Waals surface area contributed by atoms with E-state index in [1.165, 1.54) is 0 Å². The van der Waals surface area contributed by atoms with E-state index in [4.69, 9.17) is 10.2 Å². The quantitative estimate of drug-likeness (QED) is 0.676. The Bertz CT molecular complexity index is 233. The molecular formula is C8H14N2O2. The normalized spacial score (nSPS) is 13.2. The first-order valence-corrected chi connectivity index (χ1v) is 4.02. The molecule has 4 heteroatoms. The maximum atomic E-state index is 8.99. The predicted molar refractivity (Wildman–Crippen MR) is 44.4 cm³/mol. The van der Waals surface area contributed by atoms with E-state index in [0.29, 0.717) is 12.1 Å². The molecule has 0 aliphatic carbocycles. The average Bonchev–Trinajstić information content (AvgIpc) is 2.48. The Balaban J connectivity index is 2.41. The highest BCUT2D eigenvalue weighted by atomic mass is 16.3. The van der Waals surface area contributed by atoms with Gasteiger partial charge in [-0.15, -0.1) is 0 Å². The van der Waals surface area contributed by atoms with Gasteiger partial charge in [-0.25, -0.2) is 4.98 Å². The molecule has 1 aromatic rings. The van der Waals surface area contributed by atoms with Crippen LogP contribution in [0.5, 0.6) is 0 Å². The van der Waals surface area contributed by atoms with Gasteiger partial charge in [-0.05, 0) is 13.3 Å². The van der Waals surface area contributed by atoms with Gasteiger partial charge in [-0.2, -0.15) is 0 Å². The Morgan fingerprint density at radius 2 is 2.42 bits per heavy atom. The topological polar surface area (TPSA) is 58.3 Å². The van der Waals surface area contributed by atoms with Crippen LogP contribution in [0, 0.1) is 0 Å². The number of imidazole rings is 1. The molecule has 0 radical (unpaired) electrons. The summed E-state index contributed by atoms with van der Waals surface area (Å²) in [6.45, 7) is 2.47. The SMILES string of the molecule is CC(O)CCn1cnc(CO)c1. The Morgan fingerprint density at radius 3 is 2.92 bits per heavy atom. The van der Waals surface area contributed by atoms with Crippen molar-refractivity contribution in [3.05, 3.63) is 18.2 Å². The van der Waals surface area contributed by atoms with E-state index in [0.717, 1.165) is 6.54 Å².